The van der Waals surface area contributed by atoms with Crippen molar-refractivity contribution >= 4 is 0 Å². The Morgan fingerprint density at radius 2 is 1.61 bits per heavy atom. The summed E-state index contributed by atoms with van der Waals surface area (Å²) in [6.45, 7) is 18.8. The first-order valence-electron chi connectivity index (χ1n) is 9.37. The number of hydrogen-bond acceptors (Lipinski definition) is 1. The molecule has 2 fully saturated rings. The summed E-state index contributed by atoms with van der Waals surface area (Å²) in [5.74, 6) is 1.87. The van der Waals surface area contributed by atoms with Crippen molar-refractivity contribution in [1.29, 1.82) is 0 Å². The van der Waals surface area contributed by atoms with Crippen LogP contribution in [0.25, 0.3) is 5.32 Å². The second-order valence-electron chi connectivity index (χ2n) is 10.1. The van der Waals surface area contributed by atoms with Crippen LogP contribution in [-0.2, 0) is 21.1 Å². The molecule has 0 saturated carbocycles. The van der Waals surface area contributed by atoms with Crippen LogP contribution in [0.15, 0.2) is 0 Å². The predicted molar refractivity (Wildman–Crippen MR) is 99.6 cm³/mol. The molecular formula is C20H41N2W-. The van der Waals surface area contributed by atoms with Crippen molar-refractivity contribution in [2.45, 2.75) is 73.6 Å². The van der Waals surface area contributed by atoms with E-state index in [1.807, 2.05) is 0 Å². The zero-order chi connectivity index (χ0) is 16.8. The largest absolute Gasteiger partial charge is 0.662 e. The first kappa shape index (κ1) is 23.6. The Morgan fingerprint density at radius 1 is 0.957 bits per heavy atom. The van der Waals surface area contributed by atoms with E-state index in [2.05, 4.69) is 58.8 Å². The van der Waals surface area contributed by atoms with Gasteiger partial charge in [-0.25, -0.2) is 0 Å². The summed E-state index contributed by atoms with van der Waals surface area (Å²) >= 11 is 0. The minimum atomic E-state index is 0. The Hall–Kier alpha value is 0.608. The smallest absolute Gasteiger partial charge is 0.000728 e. The van der Waals surface area contributed by atoms with E-state index in [1.54, 1.807) is 0 Å². The minimum Gasteiger partial charge on any atom is -0.662 e. The van der Waals surface area contributed by atoms with Crippen LogP contribution in [0.3, 0.4) is 0 Å². The molecule has 0 radical (unpaired) electrons. The van der Waals surface area contributed by atoms with Gasteiger partial charge in [0.2, 0.25) is 0 Å². The van der Waals surface area contributed by atoms with E-state index in [1.165, 1.54) is 45.2 Å². The molecule has 2 aliphatic heterocycles. The third-order valence-corrected chi connectivity index (χ3v) is 4.78. The average Bonchev–Trinajstić information content (AvgIpc) is 2.96. The van der Waals surface area contributed by atoms with Crippen molar-refractivity contribution in [2.75, 3.05) is 33.2 Å². The van der Waals surface area contributed by atoms with Crippen molar-refractivity contribution in [3.8, 4) is 0 Å². The molecule has 2 unspecified atom stereocenters. The fourth-order valence-electron chi connectivity index (χ4n) is 3.57. The summed E-state index contributed by atoms with van der Waals surface area (Å²) in [7, 11) is 2.22. The fourth-order valence-corrected chi connectivity index (χ4v) is 3.57. The predicted octanol–water partition coefficient (Wildman–Crippen LogP) is 5.58. The molecule has 0 aromatic heterocycles. The Balaban J connectivity index is 0.000000403. The fraction of sp³-hybridized carbons (Fsp3) is 1.00. The second kappa shape index (κ2) is 10.6. The van der Waals surface area contributed by atoms with E-state index in [-0.39, 0.29) is 21.1 Å². The molecule has 0 N–H and O–H groups in total. The maximum absolute atomic E-state index is 4.37. The number of rotatable bonds is 3. The number of hydrogen-bond donors (Lipinski definition) is 0. The SMILES string of the molecule is CC(C)(C)CCC1CC[N-]C1.CN1CCC(CC(C)(C)C)C1.[W]. The number of nitrogens with zero attached hydrogens (tertiary/aromatic N) is 2. The normalized spacial score (nSPS) is 25.7. The van der Waals surface area contributed by atoms with Crippen molar-refractivity contribution in [1.82, 2.24) is 4.90 Å². The monoisotopic (exact) mass is 493 g/mol. The van der Waals surface area contributed by atoms with Gasteiger partial charge in [-0.3, -0.25) is 0 Å². The molecule has 2 heterocycles. The molecule has 2 aliphatic rings. The van der Waals surface area contributed by atoms with Gasteiger partial charge in [0.25, 0.3) is 0 Å². The van der Waals surface area contributed by atoms with Crippen molar-refractivity contribution in [3.05, 3.63) is 5.32 Å². The van der Waals surface area contributed by atoms with Gasteiger partial charge in [0.05, 0.1) is 0 Å². The van der Waals surface area contributed by atoms with Gasteiger partial charge in [0.1, 0.15) is 0 Å². The molecule has 2 atom stereocenters. The van der Waals surface area contributed by atoms with Crippen LogP contribution in [0.1, 0.15) is 73.6 Å². The van der Waals surface area contributed by atoms with Gasteiger partial charge in [0, 0.05) is 27.6 Å². The molecule has 0 aromatic carbocycles. The Morgan fingerprint density at radius 3 is 2.00 bits per heavy atom. The molecule has 2 rings (SSSR count). The van der Waals surface area contributed by atoms with E-state index in [0.29, 0.717) is 10.8 Å². The summed E-state index contributed by atoms with van der Waals surface area (Å²) < 4.78 is 0. The quantitative estimate of drug-likeness (QED) is 0.502. The van der Waals surface area contributed by atoms with E-state index in [0.717, 1.165) is 24.9 Å². The molecule has 0 spiro atoms. The molecule has 0 bridgehead atoms. The summed E-state index contributed by atoms with van der Waals surface area (Å²) in [6, 6.07) is 0. The van der Waals surface area contributed by atoms with Gasteiger partial charge in [-0.1, -0.05) is 60.3 Å². The van der Waals surface area contributed by atoms with E-state index >= 15 is 0 Å². The first-order chi connectivity index (χ1) is 10.1. The molecule has 0 aromatic rings. The van der Waals surface area contributed by atoms with Crippen molar-refractivity contribution in [3.63, 3.8) is 0 Å². The molecule has 138 valence electrons. The van der Waals surface area contributed by atoms with Gasteiger partial charge in [-0.15, -0.1) is 13.1 Å². The van der Waals surface area contributed by atoms with Crippen LogP contribution in [0, 0.1) is 22.7 Å². The van der Waals surface area contributed by atoms with Gasteiger partial charge < -0.3 is 10.2 Å². The van der Waals surface area contributed by atoms with Crippen molar-refractivity contribution in [2.24, 2.45) is 22.7 Å². The van der Waals surface area contributed by atoms with E-state index in [9.17, 15) is 0 Å². The van der Waals surface area contributed by atoms with Gasteiger partial charge in [0.15, 0.2) is 0 Å². The van der Waals surface area contributed by atoms with Crippen LogP contribution in [0.4, 0.5) is 0 Å². The molecular weight excluding hydrogens is 452 g/mol. The van der Waals surface area contributed by atoms with Crippen LogP contribution in [-0.4, -0.2) is 38.1 Å². The molecule has 3 heteroatoms. The van der Waals surface area contributed by atoms with Crippen LogP contribution < -0.4 is 0 Å². The summed E-state index contributed by atoms with van der Waals surface area (Å²) in [4.78, 5) is 2.44. The van der Waals surface area contributed by atoms with Crippen LogP contribution >= 0.6 is 0 Å². The Bertz CT molecular complexity index is 298. The molecule has 23 heavy (non-hydrogen) atoms. The summed E-state index contributed by atoms with van der Waals surface area (Å²) in [6.07, 6.45) is 6.88. The first-order valence-corrected chi connectivity index (χ1v) is 9.37. The third kappa shape index (κ3) is 12.6. The standard InChI is InChI=1S/C10H21N.C10H20N.W/c1-10(2,3)7-9-5-6-11(4)8-9;1-10(2,3)6-4-9-5-7-11-8-9;/h9H,5-8H2,1-4H3;9H,4-8H2,1-3H3;/q;-1;. The molecule has 0 amide bonds. The Labute approximate surface area is 160 Å². The number of likely N-dealkylation sites (tertiary alicyclic amines) is 1. The van der Waals surface area contributed by atoms with E-state index < -0.39 is 0 Å². The second-order valence-corrected chi connectivity index (χ2v) is 10.1. The Kier molecular flexibility index (Phi) is 10.8. The minimum absolute atomic E-state index is 0. The maximum Gasteiger partial charge on any atom is 0.000728 e. The van der Waals surface area contributed by atoms with Crippen LogP contribution in [0.2, 0.25) is 0 Å². The molecule has 0 aliphatic carbocycles. The maximum atomic E-state index is 4.37. The van der Waals surface area contributed by atoms with Crippen LogP contribution in [0.5, 0.6) is 0 Å². The van der Waals surface area contributed by atoms with E-state index in [4.69, 9.17) is 0 Å². The zero-order valence-electron chi connectivity index (χ0n) is 16.8. The third-order valence-electron chi connectivity index (χ3n) is 4.78. The van der Waals surface area contributed by atoms with Crippen molar-refractivity contribution < 1.29 is 21.1 Å². The van der Waals surface area contributed by atoms with Gasteiger partial charge in [-0.2, -0.15) is 0 Å². The zero-order valence-corrected chi connectivity index (χ0v) is 19.8. The summed E-state index contributed by atoms with van der Waals surface area (Å²) in [5, 5.41) is 4.37. The molecule has 2 nitrogen and oxygen atoms in total. The topological polar surface area (TPSA) is 17.3 Å². The average molecular weight is 493 g/mol. The van der Waals surface area contributed by atoms with Gasteiger partial charge in [-0.05, 0) is 49.6 Å². The summed E-state index contributed by atoms with van der Waals surface area (Å²) in [5.41, 5.74) is 1.04. The van der Waals surface area contributed by atoms with Gasteiger partial charge >= 0.3 is 0 Å². The molecule has 2 saturated heterocycles.